The van der Waals surface area contributed by atoms with E-state index in [4.69, 9.17) is 9.68 Å². The summed E-state index contributed by atoms with van der Waals surface area (Å²) < 4.78 is 6.38. The molecule has 5 rings (SSSR count). The van der Waals surface area contributed by atoms with E-state index < -0.39 is 0 Å². The molecule has 0 amide bonds. The molecule has 31 heavy (non-hydrogen) atoms. The Morgan fingerprint density at radius 2 is 1.03 bits per heavy atom. The van der Waals surface area contributed by atoms with Crippen LogP contribution >= 0.6 is 0 Å². The number of hydrogen-bond acceptors (Lipinski definition) is 2. The average Bonchev–Trinajstić information content (AvgIpc) is 3.31. The predicted octanol–water partition coefficient (Wildman–Crippen LogP) is 7.82. The average molecular weight is 397 g/mol. The van der Waals surface area contributed by atoms with E-state index in [1.807, 2.05) is 60.7 Å². The van der Waals surface area contributed by atoms with E-state index in [0.717, 1.165) is 33.8 Å². The third-order valence-electron chi connectivity index (χ3n) is 5.37. The van der Waals surface area contributed by atoms with Crippen LogP contribution in [0.5, 0.6) is 0 Å². The van der Waals surface area contributed by atoms with Crippen molar-refractivity contribution in [2.24, 2.45) is 0 Å². The quantitative estimate of drug-likeness (QED) is 0.310. The van der Waals surface area contributed by atoms with Gasteiger partial charge in [0.2, 0.25) is 0 Å². The Bertz CT molecular complexity index is 1340. The first-order valence-corrected chi connectivity index (χ1v) is 10.2. The molecule has 0 aliphatic heterocycles. The van der Waals surface area contributed by atoms with Gasteiger partial charge >= 0.3 is 0 Å². The molecule has 0 saturated heterocycles. The van der Waals surface area contributed by atoms with E-state index >= 15 is 0 Å². The molecule has 0 N–H and O–H groups in total. The van der Waals surface area contributed by atoms with E-state index in [1.54, 1.807) is 0 Å². The summed E-state index contributed by atoms with van der Waals surface area (Å²) in [5.41, 5.74) is 7.10. The van der Waals surface area contributed by atoms with E-state index in [2.05, 4.69) is 60.7 Å². The van der Waals surface area contributed by atoms with Crippen molar-refractivity contribution in [3.63, 3.8) is 0 Å². The summed E-state index contributed by atoms with van der Waals surface area (Å²) in [6, 6.07) is 40.8. The molecule has 2 nitrogen and oxygen atoms in total. The van der Waals surface area contributed by atoms with Gasteiger partial charge in [0.25, 0.3) is 0 Å². The van der Waals surface area contributed by atoms with Crippen molar-refractivity contribution in [1.29, 1.82) is 5.26 Å². The van der Waals surface area contributed by atoms with Crippen LogP contribution in [-0.2, 0) is 0 Å². The maximum Gasteiger partial charge on any atom is 0.142 e. The normalized spacial score (nSPS) is 10.5. The van der Waals surface area contributed by atoms with E-state index in [-0.39, 0.29) is 0 Å². The van der Waals surface area contributed by atoms with Gasteiger partial charge in [-0.3, -0.25) is 0 Å². The molecule has 1 aromatic heterocycles. The summed E-state index contributed by atoms with van der Waals surface area (Å²) in [4.78, 5) is 0. The first-order chi connectivity index (χ1) is 15.3. The molecule has 5 aromatic rings. The van der Waals surface area contributed by atoms with Gasteiger partial charge in [-0.1, -0.05) is 84.9 Å². The molecule has 0 unspecified atom stereocenters. The first kappa shape index (κ1) is 18.7. The van der Waals surface area contributed by atoms with Gasteiger partial charge in [0.15, 0.2) is 0 Å². The molecule has 0 aliphatic rings. The number of nitriles is 1. The second-order valence-corrected chi connectivity index (χ2v) is 7.35. The summed E-state index contributed by atoms with van der Waals surface area (Å²) >= 11 is 0. The fourth-order valence-electron chi connectivity index (χ4n) is 3.73. The molecule has 2 heteroatoms. The maximum absolute atomic E-state index is 9.12. The van der Waals surface area contributed by atoms with Crippen molar-refractivity contribution >= 4 is 0 Å². The van der Waals surface area contributed by atoms with Crippen LogP contribution in [0.15, 0.2) is 120 Å². The number of nitrogens with zero attached hydrogens (tertiary/aromatic N) is 1. The Labute approximate surface area is 181 Å². The highest BCUT2D eigenvalue weighted by Crippen LogP contribution is 2.39. The second kappa shape index (κ2) is 8.18. The number of hydrogen-bond donors (Lipinski definition) is 0. The van der Waals surface area contributed by atoms with E-state index in [9.17, 15) is 0 Å². The number of rotatable bonds is 4. The van der Waals surface area contributed by atoms with Crippen LogP contribution in [0, 0.1) is 11.3 Å². The van der Waals surface area contributed by atoms with Crippen LogP contribution in [0.2, 0.25) is 0 Å². The topological polar surface area (TPSA) is 36.9 Å². The highest BCUT2D eigenvalue weighted by Gasteiger charge is 2.16. The summed E-state index contributed by atoms with van der Waals surface area (Å²) in [6.45, 7) is 0. The molecule has 0 fully saturated rings. The predicted molar refractivity (Wildman–Crippen MR) is 125 cm³/mol. The lowest BCUT2D eigenvalue weighted by Gasteiger charge is -2.04. The van der Waals surface area contributed by atoms with Gasteiger partial charge in [-0.05, 0) is 47.0 Å². The Morgan fingerprint density at radius 1 is 0.516 bits per heavy atom. The molecule has 0 spiro atoms. The first-order valence-electron chi connectivity index (χ1n) is 10.2. The van der Waals surface area contributed by atoms with Gasteiger partial charge in [-0.2, -0.15) is 5.26 Å². The van der Waals surface area contributed by atoms with Gasteiger partial charge < -0.3 is 4.42 Å². The molecule has 0 radical (unpaired) electrons. The lowest BCUT2D eigenvalue weighted by molar-refractivity contribution is 0.598. The Kier molecular flexibility index (Phi) is 4.92. The summed E-state index contributed by atoms with van der Waals surface area (Å²) in [5.74, 6) is 1.62. The Balaban J connectivity index is 1.58. The van der Waals surface area contributed by atoms with Crippen LogP contribution in [-0.4, -0.2) is 0 Å². The van der Waals surface area contributed by atoms with Crippen molar-refractivity contribution in [2.75, 3.05) is 0 Å². The van der Waals surface area contributed by atoms with Gasteiger partial charge in [0.1, 0.15) is 11.5 Å². The molecule has 0 aliphatic carbocycles. The summed E-state index contributed by atoms with van der Waals surface area (Å²) in [6.07, 6.45) is 0. The number of furan rings is 1. The van der Waals surface area contributed by atoms with Crippen molar-refractivity contribution in [2.45, 2.75) is 0 Å². The molecule has 1 heterocycles. The maximum atomic E-state index is 9.12. The Hall–Kier alpha value is -4.35. The van der Waals surface area contributed by atoms with Crippen LogP contribution in [0.4, 0.5) is 0 Å². The number of benzene rings is 4. The largest absolute Gasteiger partial charge is 0.455 e. The van der Waals surface area contributed by atoms with Crippen LogP contribution in [0.25, 0.3) is 44.9 Å². The standard InChI is InChI=1S/C29H19NO/c30-20-21-11-13-26(14-12-21)29-27(24-9-5-2-6-10-24)19-28(31-29)25-17-15-23(16-18-25)22-7-3-1-4-8-22/h1-19H. The molecular weight excluding hydrogens is 378 g/mol. The third-order valence-corrected chi connectivity index (χ3v) is 5.37. The fraction of sp³-hybridized carbons (Fsp3) is 0. The van der Waals surface area contributed by atoms with Crippen molar-refractivity contribution in [1.82, 2.24) is 0 Å². The smallest absolute Gasteiger partial charge is 0.142 e. The fourth-order valence-corrected chi connectivity index (χ4v) is 3.73. The molecule has 0 bridgehead atoms. The van der Waals surface area contributed by atoms with Crippen molar-refractivity contribution in [3.05, 3.63) is 121 Å². The molecule has 0 atom stereocenters. The third kappa shape index (κ3) is 3.77. The van der Waals surface area contributed by atoms with Gasteiger partial charge in [0.05, 0.1) is 11.6 Å². The minimum absolute atomic E-state index is 0.633. The Morgan fingerprint density at radius 3 is 1.65 bits per heavy atom. The zero-order valence-electron chi connectivity index (χ0n) is 16.8. The zero-order chi connectivity index (χ0) is 21.0. The molecule has 146 valence electrons. The molecule has 4 aromatic carbocycles. The van der Waals surface area contributed by atoms with Crippen LogP contribution in [0.3, 0.4) is 0 Å². The van der Waals surface area contributed by atoms with Crippen LogP contribution < -0.4 is 0 Å². The highest BCUT2D eigenvalue weighted by atomic mass is 16.3. The lowest BCUT2D eigenvalue weighted by Crippen LogP contribution is -1.81. The second-order valence-electron chi connectivity index (χ2n) is 7.35. The SMILES string of the molecule is N#Cc1ccc(-c2oc(-c3ccc(-c4ccccc4)cc3)cc2-c2ccccc2)cc1. The van der Waals surface area contributed by atoms with Gasteiger partial charge in [0, 0.05) is 16.7 Å². The highest BCUT2D eigenvalue weighted by molar-refractivity contribution is 5.84. The molecule has 0 saturated carbocycles. The zero-order valence-corrected chi connectivity index (χ0v) is 16.8. The van der Waals surface area contributed by atoms with Crippen molar-refractivity contribution in [3.8, 4) is 51.0 Å². The molecular formula is C29H19NO. The van der Waals surface area contributed by atoms with Crippen molar-refractivity contribution < 1.29 is 4.42 Å². The lowest BCUT2D eigenvalue weighted by atomic mass is 10.00. The monoisotopic (exact) mass is 397 g/mol. The van der Waals surface area contributed by atoms with Gasteiger partial charge in [-0.15, -0.1) is 0 Å². The minimum atomic E-state index is 0.633. The minimum Gasteiger partial charge on any atom is -0.455 e. The summed E-state index contributed by atoms with van der Waals surface area (Å²) in [5, 5.41) is 9.12. The van der Waals surface area contributed by atoms with E-state index in [0.29, 0.717) is 5.56 Å². The van der Waals surface area contributed by atoms with Crippen LogP contribution in [0.1, 0.15) is 5.56 Å². The summed E-state index contributed by atoms with van der Waals surface area (Å²) in [7, 11) is 0. The van der Waals surface area contributed by atoms with Gasteiger partial charge in [-0.25, -0.2) is 0 Å². The van der Waals surface area contributed by atoms with E-state index in [1.165, 1.54) is 11.1 Å².